The van der Waals surface area contributed by atoms with Crippen LogP contribution in [-0.4, -0.2) is 27.5 Å². The Kier molecular flexibility index (Phi) is 7.43. The summed E-state index contributed by atoms with van der Waals surface area (Å²) >= 11 is 6.13. The van der Waals surface area contributed by atoms with Gasteiger partial charge in [0, 0.05) is 11.3 Å². The van der Waals surface area contributed by atoms with Crippen LogP contribution in [0.3, 0.4) is 0 Å². The SMILES string of the molecule is Cc1cccc(NS(=O)(=O)c2cc(C(=O)NCCOc3cc(C)ccc3C)ccc2Cl)c1. The number of hydrogen-bond acceptors (Lipinski definition) is 4. The molecule has 0 saturated heterocycles. The second-order valence-electron chi connectivity index (χ2n) is 7.49. The predicted octanol–water partition coefficient (Wildman–Crippen LogP) is 4.87. The maximum absolute atomic E-state index is 12.8. The first-order chi connectivity index (χ1) is 15.2. The number of anilines is 1. The lowest BCUT2D eigenvalue weighted by molar-refractivity contribution is 0.0946. The van der Waals surface area contributed by atoms with Crippen molar-refractivity contribution in [1.29, 1.82) is 0 Å². The smallest absolute Gasteiger partial charge is 0.263 e. The van der Waals surface area contributed by atoms with Crippen molar-refractivity contribution < 1.29 is 17.9 Å². The number of ether oxygens (including phenoxy) is 1. The van der Waals surface area contributed by atoms with Crippen LogP contribution in [0, 0.1) is 20.8 Å². The molecule has 3 aromatic rings. The predicted molar refractivity (Wildman–Crippen MR) is 127 cm³/mol. The van der Waals surface area contributed by atoms with Crippen LogP contribution >= 0.6 is 11.6 Å². The standard InChI is InChI=1S/C24H25ClN2O4S/c1-16-5-4-6-20(13-16)27-32(29,30)23-15-19(9-10-21(23)25)24(28)26-11-12-31-22-14-17(2)7-8-18(22)3/h4-10,13-15,27H,11-12H2,1-3H3,(H,26,28). The van der Waals surface area contributed by atoms with E-state index in [2.05, 4.69) is 10.0 Å². The number of sulfonamides is 1. The first kappa shape index (κ1) is 23.6. The molecular formula is C24H25ClN2O4S. The first-order valence-corrected chi connectivity index (χ1v) is 11.9. The lowest BCUT2D eigenvalue weighted by Gasteiger charge is -2.13. The molecular weight excluding hydrogens is 448 g/mol. The van der Waals surface area contributed by atoms with Crippen LogP contribution in [0.5, 0.6) is 5.75 Å². The molecule has 0 aromatic heterocycles. The van der Waals surface area contributed by atoms with E-state index in [1.165, 1.54) is 18.2 Å². The number of rotatable bonds is 8. The molecule has 8 heteroatoms. The molecule has 3 rings (SSSR count). The monoisotopic (exact) mass is 472 g/mol. The topological polar surface area (TPSA) is 84.5 Å². The minimum Gasteiger partial charge on any atom is -0.491 e. The summed E-state index contributed by atoms with van der Waals surface area (Å²) in [5, 5.41) is 2.76. The molecule has 0 aliphatic heterocycles. The van der Waals surface area contributed by atoms with Gasteiger partial charge in [-0.2, -0.15) is 0 Å². The molecule has 168 valence electrons. The summed E-state index contributed by atoms with van der Waals surface area (Å²) in [6.45, 7) is 6.34. The van der Waals surface area contributed by atoms with E-state index >= 15 is 0 Å². The minimum atomic E-state index is -3.97. The number of hydrogen-bond donors (Lipinski definition) is 2. The maximum atomic E-state index is 12.8. The molecule has 3 aromatic carbocycles. The largest absolute Gasteiger partial charge is 0.491 e. The Bertz CT molecular complexity index is 1240. The Labute approximate surface area is 193 Å². The second-order valence-corrected chi connectivity index (χ2v) is 9.55. The highest BCUT2D eigenvalue weighted by Crippen LogP contribution is 2.25. The molecule has 0 saturated carbocycles. The van der Waals surface area contributed by atoms with Crippen LogP contribution < -0.4 is 14.8 Å². The third-order valence-corrected chi connectivity index (χ3v) is 6.60. The van der Waals surface area contributed by atoms with Gasteiger partial charge < -0.3 is 10.1 Å². The van der Waals surface area contributed by atoms with Gasteiger partial charge in [0.15, 0.2) is 0 Å². The Balaban J connectivity index is 1.66. The molecule has 32 heavy (non-hydrogen) atoms. The molecule has 0 aliphatic rings. The van der Waals surface area contributed by atoms with E-state index in [-0.39, 0.29) is 28.6 Å². The van der Waals surface area contributed by atoms with E-state index in [0.29, 0.717) is 5.69 Å². The summed E-state index contributed by atoms with van der Waals surface area (Å²) in [7, 11) is -3.97. The van der Waals surface area contributed by atoms with Crippen LogP contribution in [0.2, 0.25) is 5.02 Å². The van der Waals surface area contributed by atoms with Crippen LogP contribution in [0.15, 0.2) is 65.6 Å². The van der Waals surface area contributed by atoms with E-state index in [1.54, 1.807) is 18.2 Å². The number of amides is 1. The summed E-state index contributed by atoms with van der Waals surface area (Å²) in [5.41, 5.74) is 3.61. The molecule has 0 aliphatic carbocycles. The van der Waals surface area contributed by atoms with E-state index in [1.807, 2.05) is 45.0 Å². The van der Waals surface area contributed by atoms with Gasteiger partial charge in [0.1, 0.15) is 17.3 Å². The summed E-state index contributed by atoms with van der Waals surface area (Å²) in [6.07, 6.45) is 0. The summed E-state index contributed by atoms with van der Waals surface area (Å²) in [4.78, 5) is 12.4. The molecule has 0 heterocycles. The van der Waals surface area contributed by atoms with Gasteiger partial charge in [0.05, 0.1) is 11.6 Å². The summed E-state index contributed by atoms with van der Waals surface area (Å²) in [5.74, 6) is 0.347. The number of aryl methyl sites for hydroxylation is 3. The zero-order valence-corrected chi connectivity index (χ0v) is 19.7. The number of benzene rings is 3. The van der Waals surface area contributed by atoms with Gasteiger partial charge in [0.25, 0.3) is 15.9 Å². The molecule has 0 atom stereocenters. The lowest BCUT2D eigenvalue weighted by atomic mass is 10.1. The third-order valence-electron chi connectivity index (χ3n) is 4.74. The number of carbonyl (C=O) groups excluding carboxylic acids is 1. The average Bonchev–Trinajstić information content (AvgIpc) is 2.73. The average molecular weight is 473 g/mol. The highest BCUT2D eigenvalue weighted by Gasteiger charge is 2.20. The zero-order chi connectivity index (χ0) is 23.3. The van der Waals surface area contributed by atoms with Crippen molar-refractivity contribution in [1.82, 2.24) is 5.32 Å². The fourth-order valence-electron chi connectivity index (χ4n) is 3.06. The molecule has 0 bridgehead atoms. The highest BCUT2D eigenvalue weighted by atomic mass is 35.5. The zero-order valence-electron chi connectivity index (χ0n) is 18.1. The molecule has 6 nitrogen and oxygen atoms in total. The van der Waals surface area contributed by atoms with Crippen LogP contribution in [0.25, 0.3) is 0 Å². The van der Waals surface area contributed by atoms with Crippen LogP contribution in [-0.2, 0) is 10.0 Å². The van der Waals surface area contributed by atoms with Crippen molar-refractivity contribution in [3.8, 4) is 5.75 Å². The molecule has 0 fully saturated rings. The van der Waals surface area contributed by atoms with Crippen LogP contribution in [0.1, 0.15) is 27.0 Å². The Morgan fingerprint density at radius 1 is 0.969 bits per heavy atom. The van der Waals surface area contributed by atoms with Crippen molar-refractivity contribution in [2.45, 2.75) is 25.7 Å². The van der Waals surface area contributed by atoms with Crippen molar-refractivity contribution in [2.75, 3.05) is 17.9 Å². The molecule has 0 radical (unpaired) electrons. The van der Waals surface area contributed by atoms with Gasteiger partial charge >= 0.3 is 0 Å². The summed E-state index contributed by atoms with van der Waals surface area (Å²) in [6, 6.07) is 17.0. The van der Waals surface area contributed by atoms with Crippen molar-refractivity contribution in [2.24, 2.45) is 0 Å². The van der Waals surface area contributed by atoms with E-state index < -0.39 is 15.9 Å². The number of carbonyl (C=O) groups is 1. The fraction of sp³-hybridized carbons (Fsp3) is 0.208. The highest BCUT2D eigenvalue weighted by molar-refractivity contribution is 7.92. The van der Waals surface area contributed by atoms with Gasteiger partial charge in [0.2, 0.25) is 0 Å². The van der Waals surface area contributed by atoms with Crippen molar-refractivity contribution in [3.63, 3.8) is 0 Å². The van der Waals surface area contributed by atoms with Gasteiger partial charge in [-0.1, -0.05) is 35.9 Å². The van der Waals surface area contributed by atoms with Gasteiger partial charge in [-0.05, 0) is 73.9 Å². The van der Waals surface area contributed by atoms with Gasteiger partial charge in [-0.15, -0.1) is 0 Å². The second kappa shape index (κ2) is 10.1. The molecule has 2 N–H and O–H groups in total. The summed E-state index contributed by atoms with van der Waals surface area (Å²) < 4.78 is 33.9. The van der Waals surface area contributed by atoms with E-state index in [9.17, 15) is 13.2 Å². The Morgan fingerprint density at radius 3 is 2.47 bits per heavy atom. The van der Waals surface area contributed by atoms with E-state index in [0.717, 1.165) is 22.4 Å². The minimum absolute atomic E-state index is 0.0277. The maximum Gasteiger partial charge on any atom is 0.263 e. The quantitative estimate of drug-likeness (QED) is 0.458. The first-order valence-electron chi connectivity index (χ1n) is 10.0. The normalized spacial score (nSPS) is 11.1. The number of halogens is 1. The Hall–Kier alpha value is -3.03. The van der Waals surface area contributed by atoms with Crippen molar-refractivity contribution >= 4 is 33.2 Å². The van der Waals surface area contributed by atoms with Gasteiger partial charge in [-0.3, -0.25) is 9.52 Å². The third kappa shape index (κ3) is 6.02. The lowest BCUT2D eigenvalue weighted by Crippen LogP contribution is -2.28. The van der Waals surface area contributed by atoms with E-state index in [4.69, 9.17) is 16.3 Å². The molecule has 0 unspecified atom stereocenters. The number of nitrogens with one attached hydrogen (secondary N) is 2. The Morgan fingerprint density at radius 2 is 1.72 bits per heavy atom. The van der Waals surface area contributed by atoms with Crippen LogP contribution in [0.4, 0.5) is 5.69 Å². The fourth-order valence-corrected chi connectivity index (χ4v) is 4.64. The van der Waals surface area contributed by atoms with Crippen molar-refractivity contribution in [3.05, 3.63) is 87.9 Å². The van der Waals surface area contributed by atoms with Gasteiger partial charge in [-0.25, -0.2) is 8.42 Å². The molecule has 0 spiro atoms. The molecule has 1 amide bonds.